The summed E-state index contributed by atoms with van der Waals surface area (Å²) in [5, 5.41) is 1.29. The number of nitrogens with two attached hydrogens (primary N) is 1. The second-order valence-corrected chi connectivity index (χ2v) is 5.63. The topological polar surface area (TPSA) is 48.1 Å². The Labute approximate surface area is 123 Å². The number of nitrogen functional groups attached to an aromatic ring is 1. The number of hydrogen-bond donors (Lipinski definition) is 1. The SMILES string of the molecule is Nc1nc2cc(Cl)c(Oc3ccccc3)c(Cl)c2s1. The molecule has 0 radical (unpaired) electrons. The first kappa shape index (κ1) is 12.5. The van der Waals surface area contributed by atoms with Gasteiger partial charge in [0.25, 0.3) is 0 Å². The van der Waals surface area contributed by atoms with E-state index in [-0.39, 0.29) is 0 Å². The van der Waals surface area contributed by atoms with Gasteiger partial charge in [-0.1, -0.05) is 52.7 Å². The van der Waals surface area contributed by atoms with E-state index in [2.05, 4.69) is 4.98 Å². The first-order valence-corrected chi connectivity index (χ1v) is 6.99. The van der Waals surface area contributed by atoms with Gasteiger partial charge in [-0.3, -0.25) is 0 Å². The normalized spacial score (nSPS) is 10.8. The molecule has 19 heavy (non-hydrogen) atoms. The lowest BCUT2D eigenvalue weighted by molar-refractivity contribution is 0.484. The van der Waals surface area contributed by atoms with E-state index in [1.54, 1.807) is 6.07 Å². The largest absolute Gasteiger partial charge is 0.454 e. The molecule has 0 bridgehead atoms. The van der Waals surface area contributed by atoms with E-state index in [0.29, 0.717) is 32.2 Å². The van der Waals surface area contributed by atoms with E-state index in [1.165, 1.54) is 11.3 Å². The number of anilines is 1. The molecule has 0 aliphatic heterocycles. The van der Waals surface area contributed by atoms with Crippen molar-refractivity contribution in [2.24, 2.45) is 0 Å². The third-order valence-electron chi connectivity index (χ3n) is 2.51. The van der Waals surface area contributed by atoms with Crippen molar-refractivity contribution < 1.29 is 4.74 Å². The molecule has 0 spiro atoms. The number of para-hydroxylation sites is 1. The fraction of sp³-hybridized carbons (Fsp3) is 0. The standard InChI is InChI=1S/C13H8Cl2N2OS/c14-8-6-9-12(19-13(16)17-9)10(15)11(8)18-7-4-2-1-3-5-7/h1-6H,(H2,16,17). The highest BCUT2D eigenvalue weighted by molar-refractivity contribution is 7.22. The van der Waals surface area contributed by atoms with Crippen LogP contribution in [0.25, 0.3) is 10.2 Å². The van der Waals surface area contributed by atoms with Gasteiger partial charge < -0.3 is 10.5 Å². The van der Waals surface area contributed by atoms with Gasteiger partial charge in [0.1, 0.15) is 10.8 Å². The van der Waals surface area contributed by atoms with Crippen LogP contribution in [0.2, 0.25) is 10.0 Å². The van der Waals surface area contributed by atoms with Crippen LogP contribution in [-0.2, 0) is 0 Å². The van der Waals surface area contributed by atoms with Crippen molar-refractivity contribution in [2.45, 2.75) is 0 Å². The van der Waals surface area contributed by atoms with E-state index < -0.39 is 0 Å². The number of ether oxygens (including phenoxy) is 1. The quantitative estimate of drug-likeness (QED) is 0.726. The van der Waals surface area contributed by atoms with Crippen molar-refractivity contribution in [3.63, 3.8) is 0 Å². The van der Waals surface area contributed by atoms with Gasteiger partial charge in [0.05, 0.1) is 15.2 Å². The van der Waals surface area contributed by atoms with Gasteiger partial charge in [0, 0.05) is 0 Å². The van der Waals surface area contributed by atoms with Crippen molar-refractivity contribution >= 4 is 49.9 Å². The number of aromatic nitrogens is 1. The monoisotopic (exact) mass is 310 g/mol. The van der Waals surface area contributed by atoms with E-state index >= 15 is 0 Å². The molecule has 1 heterocycles. The fourth-order valence-electron chi connectivity index (χ4n) is 1.70. The Kier molecular flexibility index (Phi) is 3.22. The van der Waals surface area contributed by atoms with Crippen LogP contribution in [0.15, 0.2) is 36.4 Å². The maximum atomic E-state index is 6.32. The lowest BCUT2D eigenvalue weighted by Gasteiger charge is -2.09. The second-order valence-electron chi connectivity index (χ2n) is 3.82. The summed E-state index contributed by atoms with van der Waals surface area (Å²) in [7, 11) is 0. The summed E-state index contributed by atoms with van der Waals surface area (Å²) in [4.78, 5) is 4.15. The Hall–Kier alpha value is -1.49. The molecule has 96 valence electrons. The molecule has 2 N–H and O–H groups in total. The average Bonchev–Trinajstić information content (AvgIpc) is 2.76. The van der Waals surface area contributed by atoms with Gasteiger partial charge in [-0.25, -0.2) is 4.98 Å². The highest BCUT2D eigenvalue weighted by atomic mass is 35.5. The zero-order valence-electron chi connectivity index (χ0n) is 9.56. The van der Waals surface area contributed by atoms with E-state index in [0.717, 1.165) is 4.70 Å². The molecule has 0 atom stereocenters. The highest BCUT2D eigenvalue weighted by Crippen LogP contribution is 2.43. The van der Waals surface area contributed by atoms with Gasteiger partial charge in [-0.2, -0.15) is 0 Å². The highest BCUT2D eigenvalue weighted by Gasteiger charge is 2.16. The summed E-state index contributed by atoms with van der Waals surface area (Å²) in [6, 6.07) is 11.0. The van der Waals surface area contributed by atoms with Crippen molar-refractivity contribution in [2.75, 3.05) is 5.73 Å². The molecule has 1 aromatic heterocycles. The number of benzene rings is 2. The van der Waals surface area contributed by atoms with Gasteiger partial charge in [-0.15, -0.1) is 0 Å². The maximum Gasteiger partial charge on any atom is 0.181 e. The van der Waals surface area contributed by atoms with Crippen molar-refractivity contribution in [3.8, 4) is 11.5 Å². The van der Waals surface area contributed by atoms with Crippen LogP contribution in [-0.4, -0.2) is 4.98 Å². The van der Waals surface area contributed by atoms with Gasteiger partial charge in [0.15, 0.2) is 10.9 Å². The number of thiazole rings is 1. The molecule has 6 heteroatoms. The molecule has 0 unspecified atom stereocenters. The Balaban J connectivity index is 2.13. The third-order valence-corrected chi connectivity index (χ3v) is 4.18. The first-order valence-electron chi connectivity index (χ1n) is 5.42. The van der Waals surface area contributed by atoms with Crippen LogP contribution in [0.3, 0.4) is 0 Å². The lowest BCUT2D eigenvalue weighted by Crippen LogP contribution is -1.87. The Morgan fingerprint density at radius 3 is 2.63 bits per heavy atom. The number of nitrogens with zero attached hydrogens (tertiary/aromatic N) is 1. The summed E-state index contributed by atoms with van der Waals surface area (Å²) in [5.74, 6) is 1.09. The Bertz CT molecular complexity index is 743. The molecule has 0 aliphatic carbocycles. The fourth-order valence-corrected chi connectivity index (χ4v) is 3.08. The lowest BCUT2D eigenvalue weighted by atomic mass is 10.3. The summed E-state index contributed by atoms with van der Waals surface area (Å²) < 4.78 is 6.50. The van der Waals surface area contributed by atoms with Crippen molar-refractivity contribution in [1.29, 1.82) is 0 Å². The van der Waals surface area contributed by atoms with Crippen LogP contribution in [0.4, 0.5) is 5.13 Å². The van der Waals surface area contributed by atoms with Crippen LogP contribution >= 0.6 is 34.5 Å². The Morgan fingerprint density at radius 1 is 1.16 bits per heavy atom. The average molecular weight is 311 g/mol. The summed E-state index contributed by atoms with van der Waals surface area (Å²) in [6.45, 7) is 0. The minimum atomic E-state index is 0.409. The van der Waals surface area contributed by atoms with Gasteiger partial charge in [0.2, 0.25) is 0 Å². The smallest absolute Gasteiger partial charge is 0.181 e. The molecule has 0 fully saturated rings. The molecule has 0 saturated carbocycles. The van der Waals surface area contributed by atoms with E-state index in [9.17, 15) is 0 Å². The van der Waals surface area contributed by atoms with Crippen molar-refractivity contribution in [3.05, 3.63) is 46.4 Å². The predicted molar refractivity (Wildman–Crippen MR) is 80.6 cm³/mol. The van der Waals surface area contributed by atoms with E-state index in [4.69, 9.17) is 33.7 Å². The molecular formula is C13H8Cl2N2OS. The molecule has 3 aromatic rings. The maximum absolute atomic E-state index is 6.32. The minimum absolute atomic E-state index is 0.409. The van der Waals surface area contributed by atoms with Crippen molar-refractivity contribution in [1.82, 2.24) is 4.98 Å². The first-order chi connectivity index (χ1) is 9.15. The zero-order valence-corrected chi connectivity index (χ0v) is 11.9. The number of rotatable bonds is 2. The molecule has 0 saturated heterocycles. The molecule has 2 aromatic carbocycles. The molecular weight excluding hydrogens is 303 g/mol. The zero-order chi connectivity index (χ0) is 13.4. The Morgan fingerprint density at radius 2 is 1.89 bits per heavy atom. The molecule has 0 amide bonds. The van der Waals surface area contributed by atoms with Crippen LogP contribution < -0.4 is 10.5 Å². The second kappa shape index (κ2) is 4.89. The number of halogens is 2. The van der Waals surface area contributed by atoms with Crippen LogP contribution in [0.5, 0.6) is 11.5 Å². The van der Waals surface area contributed by atoms with Gasteiger partial charge in [-0.05, 0) is 18.2 Å². The summed E-state index contributed by atoms with van der Waals surface area (Å²) >= 11 is 13.8. The minimum Gasteiger partial charge on any atom is -0.454 e. The molecule has 3 nitrogen and oxygen atoms in total. The summed E-state index contributed by atoms with van der Waals surface area (Å²) in [6.07, 6.45) is 0. The number of hydrogen-bond acceptors (Lipinski definition) is 4. The van der Waals surface area contributed by atoms with E-state index in [1.807, 2.05) is 30.3 Å². The predicted octanol–water partition coefficient (Wildman–Crippen LogP) is 4.98. The third kappa shape index (κ3) is 2.34. The number of fused-ring (bicyclic) bond motifs is 1. The summed E-state index contributed by atoms with van der Waals surface area (Å²) in [5.41, 5.74) is 6.36. The molecule has 0 aliphatic rings. The molecule has 3 rings (SSSR count). The van der Waals surface area contributed by atoms with Crippen LogP contribution in [0.1, 0.15) is 0 Å². The van der Waals surface area contributed by atoms with Gasteiger partial charge >= 0.3 is 0 Å². The van der Waals surface area contributed by atoms with Crippen LogP contribution in [0, 0.1) is 0 Å².